The van der Waals surface area contributed by atoms with Crippen LogP contribution in [0.1, 0.15) is 31.7 Å². The van der Waals surface area contributed by atoms with E-state index in [0.717, 1.165) is 30.7 Å². The zero-order valence-electron chi connectivity index (χ0n) is 11.6. The Bertz CT molecular complexity index is 502. The number of aliphatic carboxylic acids is 1. The molecule has 3 nitrogen and oxygen atoms in total. The van der Waals surface area contributed by atoms with Crippen LogP contribution in [0, 0.1) is 5.92 Å². The van der Waals surface area contributed by atoms with E-state index in [1.54, 1.807) is 0 Å². The SMILES string of the molecule is CC(Cc1ccc(Cl)cc1)N1C2CCC1C(C(=O)O)C2. The molecule has 2 fully saturated rings. The Balaban J connectivity index is 1.70. The normalized spacial score (nSPS) is 30.6. The Hall–Kier alpha value is -1.06. The molecule has 0 saturated carbocycles. The molecule has 4 atom stereocenters. The van der Waals surface area contributed by atoms with Gasteiger partial charge in [0.2, 0.25) is 0 Å². The van der Waals surface area contributed by atoms with E-state index in [9.17, 15) is 9.90 Å². The van der Waals surface area contributed by atoms with Gasteiger partial charge in [-0.15, -0.1) is 0 Å². The van der Waals surface area contributed by atoms with Crippen molar-refractivity contribution in [2.24, 2.45) is 5.92 Å². The molecule has 2 bridgehead atoms. The van der Waals surface area contributed by atoms with Crippen molar-refractivity contribution in [3.05, 3.63) is 34.9 Å². The van der Waals surface area contributed by atoms with E-state index >= 15 is 0 Å². The smallest absolute Gasteiger partial charge is 0.308 e. The molecular formula is C16H20ClNO2. The molecular weight excluding hydrogens is 274 g/mol. The minimum Gasteiger partial charge on any atom is -0.481 e. The molecule has 4 heteroatoms. The van der Waals surface area contributed by atoms with Gasteiger partial charge in [-0.1, -0.05) is 23.7 Å². The summed E-state index contributed by atoms with van der Waals surface area (Å²) in [5.41, 5.74) is 1.26. The Morgan fingerprint density at radius 2 is 2.10 bits per heavy atom. The third-order valence-electron chi connectivity index (χ3n) is 4.86. The van der Waals surface area contributed by atoms with Gasteiger partial charge in [0, 0.05) is 23.1 Å². The molecule has 20 heavy (non-hydrogen) atoms. The fraction of sp³-hybridized carbons (Fsp3) is 0.562. The molecule has 2 aliphatic rings. The van der Waals surface area contributed by atoms with Crippen LogP contribution < -0.4 is 0 Å². The lowest BCUT2D eigenvalue weighted by molar-refractivity contribution is -0.142. The quantitative estimate of drug-likeness (QED) is 0.927. The van der Waals surface area contributed by atoms with Gasteiger partial charge < -0.3 is 5.11 Å². The van der Waals surface area contributed by atoms with Gasteiger partial charge in [0.25, 0.3) is 0 Å². The third kappa shape index (κ3) is 2.45. The Labute approximate surface area is 124 Å². The Morgan fingerprint density at radius 3 is 2.70 bits per heavy atom. The molecule has 0 aliphatic carbocycles. The summed E-state index contributed by atoms with van der Waals surface area (Å²) in [5, 5.41) is 10.1. The second-order valence-corrected chi connectivity index (χ2v) is 6.54. The van der Waals surface area contributed by atoms with E-state index in [2.05, 4.69) is 24.0 Å². The third-order valence-corrected chi connectivity index (χ3v) is 5.11. The lowest BCUT2D eigenvalue weighted by Gasteiger charge is -2.30. The summed E-state index contributed by atoms with van der Waals surface area (Å²) in [6.07, 6.45) is 3.97. The predicted molar refractivity (Wildman–Crippen MR) is 79.0 cm³/mol. The summed E-state index contributed by atoms with van der Waals surface area (Å²) in [6, 6.07) is 9.04. The fourth-order valence-electron chi connectivity index (χ4n) is 4.05. The van der Waals surface area contributed by atoms with Crippen LogP contribution in [0.5, 0.6) is 0 Å². The van der Waals surface area contributed by atoms with Crippen LogP contribution in [0.25, 0.3) is 0 Å². The van der Waals surface area contributed by atoms with Gasteiger partial charge in [0.15, 0.2) is 0 Å². The van der Waals surface area contributed by atoms with Crippen molar-refractivity contribution in [2.75, 3.05) is 0 Å². The molecule has 0 aromatic heterocycles. The summed E-state index contributed by atoms with van der Waals surface area (Å²) < 4.78 is 0. The fourth-order valence-corrected chi connectivity index (χ4v) is 4.18. The highest BCUT2D eigenvalue weighted by Gasteiger charge is 2.50. The average Bonchev–Trinajstić information content (AvgIpc) is 2.99. The number of carbonyl (C=O) groups is 1. The zero-order chi connectivity index (χ0) is 14.3. The van der Waals surface area contributed by atoms with Crippen LogP contribution in [0.4, 0.5) is 0 Å². The van der Waals surface area contributed by atoms with Crippen molar-refractivity contribution in [3.8, 4) is 0 Å². The van der Waals surface area contributed by atoms with Gasteiger partial charge in [0.05, 0.1) is 5.92 Å². The van der Waals surface area contributed by atoms with E-state index in [1.165, 1.54) is 5.56 Å². The predicted octanol–water partition coefficient (Wildman–Crippen LogP) is 3.21. The van der Waals surface area contributed by atoms with Crippen LogP contribution >= 0.6 is 11.6 Å². The maximum atomic E-state index is 11.3. The molecule has 0 spiro atoms. The van der Waals surface area contributed by atoms with Gasteiger partial charge in [-0.2, -0.15) is 0 Å². The highest BCUT2D eigenvalue weighted by molar-refractivity contribution is 6.30. The molecule has 0 amide bonds. The van der Waals surface area contributed by atoms with Crippen LogP contribution in [-0.2, 0) is 11.2 Å². The number of halogens is 1. The van der Waals surface area contributed by atoms with Gasteiger partial charge >= 0.3 is 5.97 Å². The number of fused-ring (bicyclic) bond motifs is 2. The van der Waals surface area contributed by atoms with Crippen molar-refractivity contribution < 1.29 is 9.90 Å². The molecule has 2 aliphatic heterocycles. The number of hydrogen-bond donors (Lipinski definition) is 1. The number of benzene rings is 1. The standard InChI is InChI=1S/C16H20ClNO2/c1-10(8-11-2-4-12(17)5-3-11)18-13-6-7-15(18)14(9-13)16(19)20/h2-5,10,13-15H,6-9H2,1H3,(H,19,20). The maximum Gasteiger partial charge on any atom is 0.308 e. The van der Waals surface area contributed by atoms with E-state index in [-0.39, 0.29) is 12.0 Å². The second-order valence-electron chi connectivity index (χ2n) is 6.11. The van der Waals surface area contributed by atoms with Crippen LogP contribution in [-0.4, -0.2) is 34.1 Å². The number of carboxylic acid groups (broad SMARTS) is 1. The Kier molecular flexibility index (Phi) is 3.74. The van der Waals surface area contributed by atoms with Gasteiger partial charge in [-0.05, 0) is 50.3 Å². The largest absolute Gasteiger partial charge is 0.481 e. The van der Waals surface area contributed by atoms with Gasteiger partial charge in [0.1, 0.15) is 0 Å². The van der Waals surface area contributed by atoms with Gasteiger partial charge in [-0.25, -0.2) is 0 Å². The molecule has 108 valence electrons. The second kappa shape index (κ2) is 5.38. The summed E-state index contributed by atoms with van der Waals surface area (Å²) in [4.78, 5) is 13.8. The first-order valence-electron chi connectivity index (χ1n) is 7.31. The lowest BCUT2D eigenvalue weighted by atomic mass is 9.89. The number of rotatable bonds is 4. The van der Waals surface area contributed by atoms with Crippen LogP contribution in [0.15, 0.2) is 24.3 Å². The summed E-state index contributed by atoms with van der Waals surface area (Å²) in [6.45, 7) is 2.21. The molecule has 1 aromatic rings. The van der Waals surface area contributed by atoms with Crippen molar-refractivity contribution in [3.63, 3.8) is 0 Å². The van der Waals surface area contributed by atoms with E-state index in [0.29, 0.717) is 12.1 Å². The molecule has 3 rings (SSSR count). The number of hydrogen-bond acceptors (Lipinski definition) is 2. The molecule has 1 aromatic carbocycles. The lowest BCUT2D eigenvalue weighted by Crippen LogP contribution is -2.40. The topological polar surface area (TPSA) is 40.5 Å². The minimum atomic E-state index is -0.624. The van der Waals surface area contributed by atoms with Crippen molar-refractivity contribution in [1.29, 1.82) is 0 Å². The highest BCUT2D eigenvalue weighted by Crippen LogP contribution is 2.43. The van der Waals surface area contributed by atoms with Gasteiger partial charge in [-0.3, -0.25) is 9.69 Å². The molecule has 4 unspecified atom stereocenters. The summed E-state index contributed by atoms with van der Waals surface area (Å²) in [5.74, 6) is -0.790. The van der Waals surface area contributed by atoms with Crippen molar-refractivity contribution in [2.45, 2.75) is 50.7 Å². The summed E-state index contributed by atoms with van der Waals surface area (Å²) in [7, 11) is 0. The number of carboxylic acids is 1. The first-order chi connectivity index (χ1) is 9.56. The van der Waals surface area contributed by atoms with E-state index < -0.39 is 5.97 Å². The van der Waals surface area contributed by atoms with Crippen molar-refractivity contribution >= 4 is 17.6 Å². The van der Waals surface area contributed by atoms with E-state index in [1.807, 2.05) is 12.1 Å². The average molecular weight is 294 g/mol. The van der Waals surface area contributed by atoms with Crippen LogP contribution in [0.3, 0.4) is 0 Å². The first-order valence-corrected chi connectivity index (χ1v) is 7.68. The van der Waals surface area contributed by atoms with Crippen LogP contribution in [0.2, 0.25) is 5.02 Å². The minimum absolute atomic E-state index is 0.165. The molecule has 0 radical (unpaired) electrons. The zero-order valence-corrected chi connectivity index (χ0v) is 12.4. The number of nitrogens with zero attached hydrogens (tertiary/aromatic N) is 1. The maximum absolute atomic E-state index is 11.3. The first kappa shape index (κ1) is 13.9. The highest BCUT2D eigenvalue weighted by atomic mass is 35.5. The Morgan fingerprint density at radius 1 is 1.40 bits per heavy atom. The van der Waals surface area contributed by atoms with Crippen molar-refractivity contribution in [1.82, 2.24) is 4.90 Å². The molecule has 2 heterocycles. The molecule has 1 N–H and O–H groups in total. The molecule has 2 saturated heterocycles. The monoisotopic (exact) mass is 293 g/mol. The summed E-state index contributed by atoms with van der Waals surface area (Å²) >= 11 is 5.91. The van der Waals surface area contributed by atoms with E-state index in [4.69, 9.17) is 11.6 Å².